The number of rotatable bonds is 5. The van der Waals surface area contributed by atoms with Gasteiger partial charge in [0.05, 0.1) is 36.9 Å². The molecule has 2 N–H and O–H groups in total. The monoisotopic (exact) mass is 483 g/mol. The van der Waals surface area contributed by atoms with Crippen LogP contribution in [0.2, 0.25) is 0 Å². The molecule has 182 valence electrons. The van der Waals surface area contributed by atoms with E-state index < -0.39 is 17.7 Å². The van der Waals surface area contributed by atoms with Crippen LogP contribution in [-0.4, -0.2) is 41.0 Å². The zero-order valence-electron chi connectivity index (χ0n) is 20.3. The number of nitrogens with one attached hydrogen (secondary N) is 1. The van der Waals surface area contributed by atoms with E-state index in [9.17, 15) is 14.7 Å². The normalized spacial score (nSPS) is 17.1. The summed E-state index contributed by atoms with van der Waals surface area (Å²) in [5, 5.41) is 11.3. The van der Waals surface area contributed by atoms with Gasteiger partial charge in [-0.05, 0) is 66.9 Å². The molecule has 36 heavy (non-hydrogen) atoms. The van der Waals surface area contributed by atoms with Crippen molar-refractivity contribution in [3.8, 4) is 11.5 Å². The third-order valence-corrected chi connectivity index (χ3v) is 6.51. The van der Waals surface area contributed by atoms with Gasteiger partial charge in [-0.25, -0.2) is 4.98 Å². The molecule has 0 spiro atoms. The molecule has 1 unspecified atom stereocenters. The van der Waals surface area contributed by atoms with E-state index in [1.54, 1.807) is 48.5 Å². The number of amides is 1. The number of hydrogen-bond acceptors (Lipinski definition) is 6. The second-order valence-corrected chi connectivity index (χ2v) is 8.69. The number of fused-ring (bicyclic) bond motifs is 1. The predicted molar refractivity (Wildman–Crippen MR) is 136 cm³/mol. The van der Waals surface area contributed by atoms with Gasteiger partial charge >= 0.3 is 5.91 Å². The minimum atomic E-state index is -0.936. The molecule has 8 heteroatoms. The third kappa shape index (κ3) is 3.76. The zero-order valence-corrected chi connectivity index (χ0v) is 20.3. The average molecular weight is 484 g/mol. The Bertz CT molecular complexity index is 1510. The zero-order chi connectivity index (χ0) is 25.6. The summed E-state index contributed by atoms with van der Waals surface area (Å²) in [6.07, 6.45) is 0. The van der Waals surface area contributed by atoms with Crippen LogP contribution in [0.4, 0.5) is 5.95 Å². The van der Waals surface area contributed by atoms with Crippen molar-refractivity contribution in [3.05, 3.63) is 88.5 Å². The molecule has 0 radical (unpaired) electrons. The van der Waals surface area contributed by atoms with Crippen LogP contribution in [0.1, 0.15) is 28.3 Å². The highest BCUT2D eigenvalue weighted by molar-refractivity contribution is 6.51. The molecule has 1 atom stereocenters. The number of hydrogen-bond donors (Lipinski definition) is 2. The van der Waals surface area contributed by atoms with Gasteiger partial charge in [0, 0.05) is 5.56 Å². The molecule has 8 nitrogen and oxygen atoms in total. The van der Waals surface area contributed by atoms with Crippen LogP contribution < -0.4 is 14.4 Å². The van der Waals surface area contributed by atoms with E-state index in [-0.39, 0.29) is 17.3 Å². The molecule has 5 rings (SSSR count). The van der Waals surface area contributed by atoms with Crippen molar-refractivity contribution >= 4 is 34.4 Å². The Morgan fingerprint density at radius 1 is 0.944 bits per heavy atom. The van der Waals surface area contributed by atoms with E-state index >= 15 is 0 Å². The van der Waals surface area contributed by atoms with Crippen molar-refractivity contribution in [2.45, 2.75) is 19.9 Å². The van der Waals surface area contributed by atoms with Crippen LogP contribution in [-0.2, 0) is 9.59 Å². The molecule has 0 bridgehead atoms. The van der Waals surface area contributed by atoms with Gasteiger partial charge in [-0.15, -0.1) is 0 Å². The number of ketones is 1. The number of aromatic amines is 1. The fourth-order valence-corrected chi connectivity index (χ4v) is 4.47. The van der Waals surface area contributed by atoms with Crippen LogP contribution in [0.15, 0.2) is 66.2 Å². The molecule has 0 aliphatic carbocycles. The van der Waals surface area contributed by atoms with E-state index in [1.807, 2.05) is 26.0 Å². The second-order valence-electron chi connectivity index (χ2n) is 8.69. The first kappa shape index (κ1) is 23.2. The second kappa shape index (κ2) is 8.88. The molecule has 1 aliphatic rings. The highest BCUT2D eigenvalue weighted by Crippen LogP contribution is 2.42. The molecule has 1 fully saturated rings. The van der Waals surface area contributed by atoms with Gasteiger partial charge in [0.25, 0.3) is 5.78 Å². The molecular weight excluding hydrogens is 458 g/mol. The lowest BCUT2D eigenvalue weighted by Gasteiger charge is -2.23. The molecule has 1 saturated heterocycles. The summed E-state index contributed by atoms with van der Waals surface area (Å²) < 4.78 is 10.7. The number of aliphatic hydroxyl groups is 1. The lowest BCUT2D eigenvalue weighted by molar-refractivity contribution is -0.132. The van der Waals surface area contributed by atoms with Crippen molar-refractivity contribution in [1.29, 1.82) is 0 Å². The van der Waals surface area contributed by atoms with E-state index in [0.717, 1.165) is 16.6 Å². The van der Waals surface area contributed by atoms with Crippen LogP contribution in [0, 0.1) is 13.8 Å². The van der Waals surface area contributed by atoms with Gasteiger partial charge in [-0.3, -0.25) is 14.5 Å². The number of nitrogens with zero attached hydrogens (tertiary/aromatic N) is 2. The average Bonchev–Trinajstić information content (AvgIpc) is 3.41. The highest BCUT2D eigenvalue weighted by Gasteiger charge is 2.48. The topological polar surface area (TPSA) is 105 Å². The maximum atomic E-state index is 13.4. The largest absolute Gasteiger partial charge is 0.507 e. The van der Waals surface area contributed by atoms with E-state index in [4.69, 9.17) is 9.47 Å². The summed E-state index contributed by atoms with van der Waals surface area (Å²) >= 11 is 0. The molecule has 0 saturated carbocycles. The highest BCUT2D eigenvalue weighted by atomic mass is 16.5. The first-order chi connectivity index (χ1) is 17.3. The van der Waals surface area contributed by atoms with Gasteiger partial charge in [-0.2, -0.15) is 0 Å². The number of aliphatic hydroxyl groups excluding tert-OH is 1. The van der Waals surface area contributed by atoms with Crippen molar-refractivity contribution in [3.63, 3.8) is 0 Å². The molecule has 1 amide bonds. The number of carbonyl (C=O) groups excluding carboxylic acids is 2. The number of carbonyl (C=O) groups is 2. The molecule has 1 aromatic heterocycles. The SMILES string of the molecule is COc1cccc(/C(O)=C2\C(=O)C(=O)N(c3nc4cc(C)c(C)cc4[nH]3)C2c2cccc(OC)c2)c1. The Kier molecular flexibility index (Phi) is 5.72. The number of anilines is 1. The number of aromatic nitrogens is 2. The summed E-state index contributed by atoms with van der Waals surface area (Å²) in [5.74, 6) is -0.625. The van der Waals surface area contributed by atoms with Gasteiger partial charge in [0.15, 0.2) is 0 Å². The summed E-state index contributed by atoms with van der Waals surface area (Å²) in [6.45, 7) is 3.98. The molecule has 1 aliphatic heterocycles. The lowest BCUT2D eigenvalue weighted by atomic mass is 9.95. The van der Waals surface area contributed by atoms with Crippen molar-refractivity contribution in [1.82, 2.24) is 9.97 Å². The number of benzene rings is 3. The number of methoxy groups -OCH3 is 2. The minimum Gasteiger partial charge on any atom is -0.507 e. The Hall–Kier alpha value is -4.59. The summed E-state index contributed by atoms with van der Waals surface area (Å²) in [6, 6.07) is 16.7. The predicted octanol–water partition coefficient (Wildman–Crippen LogP) is 4.82. The van der Waals surface area contributed by atoms with Crippen LogP contribution >= 0.6 is 0 Å². The quantitative estimate of drug-likeness (QED) is 0.240. The van der Waals surface area contributed by atoms with Crippen LogP contribution in [0.5, 0.6) is 11.5 Å². The first-order valence-electron chi connectivity index (χ1n) is 11.4. The Morgan fingerprint density at radius 3 is 2.33 bits per heavy atom. The summed E-state index contributed by atoms with van der Waals surface area (Å²) in [4.78, 5) is 36.0. The fraction of sp³-hybridized carbons (Fsp3) is 0.179. The van der Waals surface area contributed by atoms with E-state index in [0.29, 0.717) is 28.1 Å². The first-order valence-corrected chi connectivity index (χ1v) is 11.4. The fourth-order valence-electron chi connectivity index (χ4n) is 4.47. The van der Waals surface area contributed by atoms with Gasteiger partial charge in [0.2, 0.25) is 5.95 Å². The molecule has 3 aromatic carbocycles. The summed E-state index contributed by atoms with van der Waals surface area (Å²) in [7, 11) is 3.05. The number of Topliss-reactive ketones (excluding diaryl/α,β-unsaturated/α-hetero) is 1. The van der Waals surface area contributed by atoms with Gasteiger partial charge < -0.3 is 19.6 Å². The van der Waals surface area contributed by atoms with Crippen molar-refractivity contribution < 1.29 is 24.2 Å². The standard InChI is InChI=1S/C28H25N3O5/c1-15-11-21-22(12-16(15)2)30-28(29-21)31-24(17-7-5-9-19(13-17)35-3)23(26(33)27(31)34)25(32)18-8-6-10-20(14-18)36-4/h5-14,24,32H,1-4H3,(H,29,30)/b25-23+. The maximum absolute atomic E-state index is 13.4. The van der Waals surface area contributed by atoms with Gasteiger partial charge in [0.1, 0.15) is 17.3 Å². The Morgan fingerprint density at radius 2 is 1.61 bits per heavy atom. The van der Waals surface area contributed by atoms with E-state index in [2.05, 4.69) is 9.97 Å². The Labute approximate surface area is 207 Å². The molecule has 4 aromatic rings. The van der Waals surface area contributed by atoms with Crippen LogP contribution in [0.3, 0.4) is 0 Å². The molecule has 2 heterocycles. The Balaban J connectivity index is 1.74. The summed E-state index contributed by atoms with van der Waals surface area (Å²) in [5.41, 5.74) is 4.45. The maximum Gasteiger partial charge on any atom is 0.302 e. The van der Waals surface area contributed by atoms with Crippen molar-refractivity contribution in [2.75, 3.05) is 19.1 Å². The minimum absolute atomic E-state index is 0.0469. The number of aryl methyl sites for hydroxylation is 2. The van der Waals surface area contributed by atoms with Crippen LogP contribution in [0.25, 0.3) is 16.8 Å². The smallest absolute Gasteiger partial charge is 0.302 e. The number of ether oxygens (including phenoxy) is 2. The van der Waals surface area contributed by atoms with E-state index in [1.165, 1.54) is 19.1 Å². The number of H-pyrrole nitrogens is 1. The molecular formula is C28H25N3O5. The number of imidazole rings is 1. The third-order valence-electron chi connectivity index (χ3n) is 6.51. The van der Waals surface area contributed by atoms with Crippen molar-refractivity contribution in [2.24, 2.45) is 0 Å². The lowest BCUT2D eigenvalue weighted by Crippen LogP contribution is -2.30. The van der Waals surface area contributed by atoms with Gasteiger partial charge in [-0.1, -0.05) is 24.3 Å².